The highest BCUT2D eigenvalue weighted by molar-refractivity contribution is 7.98. The van der Waals surface area contributed by atoms with Crippen LogP contribution in [-0.2, 0) is 0 Å². The highest BCUT2D eigenvalue weighted by Gasteiger charge is 2.27. The lowest BCUT2D eigenvalue weighted by Gasteiger charge is -2.13. The Kier molecular flexibility index (Phi) is 2.96. The van der Waals surface area contributed by atoms with Crippen LogP contribution < -0.4 is 5.32 Å². The third-order valence-corrected chi connectivity index (χ3v) is 3.39. The van der Waals surface area contributed by atoms with Gasteiger partial charge in [-0.15, -0.1) is 11.8 Å². The number of aromatic nitrogens is 1. The lowest BCUT2D eigenvalue weighted by Crippen LogP contribution is -2.17. The van der Waals surface area contributed by atoms with Gasteiger partial charge in [-0.3, -0.25) is 0 Å². The summed E-state index contributed by atoms with van der Waals surface area (Å²) in [5.74, 6) is 1.87. The summed E-state index contributed by atoms with van der Waals surface area (Å²) >= 11 is 1.72. The fourth-order valence-corrected chi connectivity index (χ4v) is 1.90. The number of nitrogens with one attached hydrogen (secondary N) is 1. The lowest BCUT2D eigenvalue weighted by atomic mass is 10.2. The molecule has 1 unspecified atom stereocenters. The van der Waals surface area contributed by atoms with Gasteiger partial charge in [-0.05, 0) is 44.1 Å². The van der Waals surface area contributed by atoms with Gasteiger partial charge in [0.2, 0.25) is 0 Å². The molecule has 0 aliphatic heterocycles. The zero-order valence-corrected chi connectivity index (χ0v) is 9.47. The number of rotatable bonds is 4. The number of hydrogen-bond acceptors (Lipinski definition) is 3. The number of nitrogens with zero attached hydrogens (tertiary/aromatic N) is 1. The van der Waals surface area contributed by atoms with Crippen molar-refractivity contribution in [1.29, 1.82) is 0 Å². The largest absolute Gasteiger partial charge is 0.367 e. The van der Waals surface area contributed by atoms with Crippen molar-refractivity contribution in [2.75, 3.05) is 11.6 Å². The van der Waals surface area contributed by atoms with Crippen LogP contribution in [-0.4, -0.2) is 17.3 Å². The van der Waals surface area contributed by atoms with E-state index >= 15 is 0 Å². The van der Waals surface area contributed by atoms with Gasteiger partial charge in [-0.1, -0.05) is 0 Å². The molecule has 76 valence electrons. The van der Waals surface area contributed by atoms with Crippen LogP contribution in [0, 0.1) is 5.92 Å². The molecule has 1 saturated carbocycles. The summed E-state index contributed by atoms with van der Waals surface area (Å²) in [4.78, 5) is 5.58. The summed E-state index contributed by atoms with van der Waals surface area (Å²) in [5.41, 5.74) is 0. The Morgan fingerprint density at radius 2 is 2.29 bits per heavy atom. The van der Waals surface area contributed by atoms with Crippen molar-refractivity contribution in [3.05, 3.63) is 18.3 Å². The predicted molar refractivity (Wildman–Crippen MR) is 61.8 cm³/mol. The predicted octanol–water partition coefficient (Wildman–Crippen LogP) is 3.01. The number of hydrogen-bond donors (Lipinski definition) is 1. The fourth-order valence-electron chi connectivity index (χ4n) is 1.53. The van der Waals surface area contributed by atoms with Gasteiger partial charge < -0.3 is 5.32 Å². The van der Waals surface area contributed by atoms with Gasteiger partial charge in [0, 0.05) is 17.1 Å². The molecule has 0 bridgehead atoms. The summed E-state index contributed by atoms with van der Waals surface area (Å²) in [7, 11) is 0. The van der Waals surface area contributed by atoms with Gasteiger partial charge in [0.15, 0.2) is 0 Å². The highest BCUT2D eigenvalue weighted by Crippen LogP contribution is 2.33. The van der Waals surface area contributed by atoms with E-state index in [2.05, 4.69) is 35.6 Å². The van der Waals surface area contributed by atoms with Crippen molar-refractivity contribution in [3.63, 3.8) is 0 Å². The van der Waals surface area contributed by atoms with Crippen molar-refractivity contribution in [3.8, 4) is 0 Å². The van der Waals surface area contributed by atoms with E-state index in [1.165, 1.54) is 17.7 Å². The van der Waals surface area contributed by atoms with Crippen molar-refractivity contribution in [2.45, 2.75) is 30.7 Å². The van der Waals surface area contributed by atoms with Crippen LogP contribution in [0.15, 0.2) is 23.2 Å². The Labute approximate surface area is 89.5 Å². The molecule has 1 fully saturated rings. The van der Waals surface area contributed by atoms with Crippen LogP contribution in [0.1, 0.15) is 19.8 Å². The van der Waals surface area contributed by atoms with E-state index in [1.54, 1.807) is 11.8 Å². The fraction of sp³-hybridized carbons (Fsp3) is 0.545. The summed E-state index contributed by atoms with van der Waals surface area (Å²) in [6.07, 6.45) is 6.73. The standard InChI is InChI=1S/C11H16N2S/c1-8(9-3-4-9)13-11-6-5-10(14-2)7-12-11/h5-9H,3-4H2,1-2H3,(H,12,13). The maximum Gasteiger partial charge on any atom is 0.126 e. The van der Waals surface area contributed by atoms with Gasteiger partial charge in [0.1, 0.15) is 5.82 Å². The van der Waals surface area contributed by atoms with Crippen LogP contribution in [0.5, 0.6) is 0 Å². The van der Waals surface area contributed by atoms with Crippen molar-refractivity contribution < 1.29 is 0 Å². The van der Waals surface area contributed by atoms with Crippen LogP contribution in [0.25, 0.3) is 0 Å². The minimum atomic E-state index is 0.572. The molecule has 14 heavy (non-hydrogen) atoms. The van der Waals surface area contributed by atoms with Gasteiger partial charge in [0.05, 0.1) is 0 Å². The molecule has 1 heterocycles. The SMILES string of the molecule is CSc1ccc(NC(C)C2CC2)nc1. The van der Waals surface area contributed by atoms with Crippen LogP contribution >= 0.6 is 11.8 Å². The maximum atomic E-state index is 4.37. The topological polar surface area (TPSA) is 24.9 Å². The Morgan fingerprint density at radius 1 is 1.50 bits per heavy atom. The quantitative estimate of drug-likeness (QED) is 0.770. The van der Waals surface area contributed by atoms with E-state index in [1.807, 2.05) is 6.20 Å². The highest BCUT2D eigenvalue weighted by atomic mass is 32.2. The molecular formula is C11H16N2S. The second-order valence-electron chi connectivity index (χ2n) is 3.85. The molecule has 1 aromatic heterocycles. The molecule has 0 aromatic carbocycles. The van der Waals surface area contributed by atoms with E-state index in [4.69, 9.17) is 0 Å². The molecule has 1 atom stereocenters. The van der Waals surface area contributed by atoms with E-state index in [9.17, 15) is 0 Å². The van der Waals surface area contributed by atoms with Crippen LogP contribution in [0.4, 0.5) is 5.82 Å². The molecule has 2 rings (SSSR count). The van der Waals surface area contributed by atoms with E-state index in [-0.39, 0.29) is 0 Å². The third kappa shape index (κ3) is 2.41. The van der Waals surface area contributed by atoms with Crippen LogP contribution in [0.3, 0.4) is 0 Å². The Bertz CT molecular complexity index is 293. The minimum absolute atomic E-state index is 0.572. The van der Waals surface area contributed by atoms with Crippen molar-refractivity contribution >= 4 is 17.6 Å². The molecule has 0 spiro atoms. The second kappa shape index (κ2) is 4.22. The first-order chi connectivity index (χ1) is 6.79. The summed E-state index contributed by atoms with van der Waals surface area (Å²) in [6.45, 7) is 2.24. The monoisotopic (exact) mass is 208 g/mol. The molecule has 0 amide bonds. The van der Waals surface area contributed by atoms with Gasteiger partial charge in [-0.2, -0.15) is 0 Å². The number of thioether (sulfide) groups is 1. The second-order valence-corrected chi connectivity index (χ2v) is 4.73. The molecule has 2 nitrogen and oxygen atoms in total. The molecule has 1 aliphatic rings. The molecule has 1 aromatic rings. The lowest BCUT2D eigenvalue weighted by molar-refractivity contribution is 0.690. The third-order valence-electron chi connectivity index (χ3n) is 2.68. The Balaban J connectivity index is 1.95. The van der Waals surface area contributed by atoms with E-state index in [0.29, 0.717) is 6.04 Å². The van der Waals surface area contributed by atoms with Crippen LogP contribution in [0.2, 0.25) is 0 Å². The molecule has 1 N–H and O–H groups in total. The average Bonchev–Trinajstić information content (AvgIpc) is 3.02. The number of pyridine rings is 1. The smallest absolute Gasteiger partial charge is 0.126 e. The van der Waals surface area contributed by atoms with E-state index < -0.39 is 0 Å². The Hall–Kier alpha value is -0.700. The molecule has 0 radical (unpaired) electrons. The normalized spacial score (nSPS) is 17.9. The maximum absolute atomic E-state index is 4.37. The van der Waals surface area contributed by atoms with E-state index in [0.717, 1.165) is 11.7 Å². The Morgan fingerprint density at radius 3 is 2.79 bits per heavy atom. The van der Waals surface area contributed by atoms with Gasteiger partial charge in [0.25, 0.3) is 0 Å². The number of anilines is 1. The zero-order valence-electron chi connectivity index (χ0n) is 8.66. The molecule has 0 saturated heterocycles. The molecule has 1 aliphatic carbocycles. The summed E-state index contributed by atoms with van der Waals surface area (Å²) in [5, 5.41) is 3.43. The van der Waals surface area contributed by atoms with Crippen molar-refractivity contribution in [2.24, 2.45) is 5.92 Å². The summed E-state index contributed by atoms with van der Waals surface area (Å²) in [6, 6.07) is 4.74. The first-order valence-corrected chi connectivity index (χ1v) is 6.28. The van der Waals surface area contributed by atoms with Gasteiger partial charge in [-0.25, -0.2) is 4.98 Å². The first-order valence-electron chi connectivity index (χ1n) is 5.06. The average molecular weight is 208 g/mol. The zero-order chi connectivity index (χ0) is 9.97. The molecular weight excluding hydrogens is 192 g/mol. The van der Waals surface area contributed by atoms with Crippen molar-refractivity contribution in [1.82, 2.24) is 4.98 Å². The minimum Gasteiger partial charge on any atom is -0.367 e. The first kappa shape index (κ1) is 9.84. The van der Waals surface area contributed by atoms with Gasteiger partial charge >= 0.3 is 0 Å². The summed E-state index contributed by atoms with van der Waals surface area (Å²) < 4.78 is 0. The molecule has 3 heteroatoms.